The summed E-state index contributed by atoms with van der Waals surface area (Å²) < 4.78 is 51.5. The van der Waals surface area contributed by atoms with Gasteiger partial charge in [-0.1, -0.05) is 13.8 Å². The van der Waals surface area contributed by atoms with Gasteiger partial charge in [0.1, 0.15) is 0 Å². The van der Waals surface area contributed by atoms with Gasteiger partial charge in [-0.2, -0.15) is 0 Å². The molecule has 0 spiro atoms. The Balaban J connectivity index is 1.81. The summed E-state index contributed by atoms with van der Waals surface area (Å²) >= 11 is 0. The van der Waals surface area contributed by atoms with E-state index < -0.39 is 30.9 Å². The highest BCUT2D eigenvalue weighted by atomic mass is 31.2. The van der Waals surface area contributed by atoms with Gasteiger partial charge in [-0.25, -0.2) is 0 Å². The molecule has 4 fully saturated rings. The van der Waals surface area contributed by atoms with Crippen molar-refractivity contribution in [3.8, 4) is 0 Å². The van der Waals surface area contributed by atoms with Gasteiger partial charge in [0.25, 0.3) is 0 Å². The molecule has 4 rings (SSSR count). The quantitative estimate of drug-likeness (QED) is 0.520. The van der Waals surface area contributed by atoms with Crippen molar-refractivity contribution in [2.24, 2.45) is 5.41 Å². The molecule has 0 aliphatic carbocycles. The number of hydrogen-bond acceptors (Lipinski definition) is 6. The van der Waals surface area contributed by atoms with E-state index in [1.807, 2.05) is 13.8 Å². The minimum Gasteiger partial charge on any atom is -0.378 e. The standard InChI is InChI=1S/C21H38O8P2/c1-19(2)21(13-16-7-4-10-26-16,14-17-8-5-11-27-17)20(3,31(23,24)25)29-30(19,22)15-18-9-6-12-28-18/h16-18H,4-15H2,1-3H3,(H2,23,24,25). The van der Waals surface area contributed by atoms with Gasteiger partial charge in [0.15, 0.2) is 5.34 Å². The average molecular weight is 480 g/mol. The van der Waals surface area contributed by atoms with E-state index in [0.717, 1.165) is 38.5 Å². The Labute approximate surface area is 185 Å². The van der Waals surface area contributed by atoms with E-state index in [9.17, 15) is 18.9 Å². The molecule has 8 nitrogen and oxygen atoms in total. The van der Waals surface area contributed by atoms with Crippen LogP contribution in [-0.2, 0) is 27.9 Å². The van der Waals surface area contributed by atoms with E-state index in [4.69, 9.17) is 18.7 Å². The minimum atomic E-state index is -4.81. The van der Waals surface area contributed by atoms with Crippen LogP contribution < -0.4 is 0 Å². The lowest BCUT2D eigenvalue weighted by Crippen LogP contribution is -2.55. The zero-order valence-corrected chi connectivity index (χ0v) is 20.7. The summed E-state index contributed by atoms with van der Waals surface area (Å²) in [6.07, 6.45) is 5.71. The van der Waals surface area contributed by atoms with E-state index >= 15 is 0 Å². The molecule has 0 saturated carbocycles. The molecule has 4 saturated heterocycles. The SMILES string of the molecule is CC1(P(=O)(O)O)OP(=O)(CC2CCCO2)C(C)(C)C1(CC1CCCO1)CC1CCCO1. The fraction of sp³-hybridized carbons (Fsp3) is 1.00. The Hall–Kier alpha value is 0.220. The first-order valence-electron chi connectivity index (χ1n) is 11.6. The van der Waals surface area contributed by atoms with Crippen molar-refractivity contribution in [3.63, 3.8) is 0 Å². The molecule has 0 amide bonds. The van der Waals surface area contributed by atoms with Gasteiger partial charge in [-0.3, -0.25) is 9.13 Å². The molecule has 0 bridgehead atoms. The van der Waals surface area contributed by atoms with Crippen LogP contribution in [0.2, 0.25) is 0 Å². The molecular weight excluding hydrogens is 442 g/mol. The Morgan fingerprint density at radius 2 is 1.32 bits per heavy atom. The molecule has 4 aliphatic rings. The molecule has 31 heavy (non-hydrogen) atoms. The van der Waals surface area contributed by atoms with Crippen LogP contribution in [-0.4, -0.2) is 64.6 Å². The monoisotopic (exact) mass is 480 g/mol. The molecule has 5 atom stereocenters. The third-order valence-corrected chi connectivity index (χ3v) is 13.9. The van der Waals surface area contributed by atoms with E-state index in [1.165, 1.54) is 6.92 Å². The maximum absolute atomic E-state index is 14.5. The van der Waals surface area contributed by atoms with Crippen LogP contribution in [0.4, 0.5) is 0 Å². The molecule has 0 aromatic rings. The predicted octanol–water partition coefficient (Wildman–Crippen LogP) is 4.27. The molecule has 0 aromatic carbocycles. The zero-order chi connectivity index (χ0) is 22.5. The number of rotatable bonds is 7. The van der Waals surface area contributed by atoms with Gasteiger partial charge in [-0.05, 0) is 58.3 Å². The first-order valence-corrected chi connectivity index (χ1v) is 15.1. The number of ether oxygens (including phenoxy) is 3. The van der Waals surface area contributed by atoms with Crippen LogP contribution in [0, 0.1) is 5.41 Å². The summed E-state index contributed by atoms with van der Waals surface area (Å²) in [6, 6.07) is 0. The van der Waals surface area contributed by atoms with Crippen molar-refractivity contribution in [2.75, 3.05) is 26.0 Å². The van der Waals surface area contributed by atoms with Crippen LogP contribution in [0.3, 0.4) is 0 Å². The summed E-state index contributed by atoms with van der Waals surface area (Å²) in [5.74, 6) is 0. The first kappa shape index (κ1) is 24.3. The van der Waals surface area contributed by atoms with Crippen LogP contribution in [0.25, 0.3) is 0 Å². The summed E-state index contributed by atoms with van der Waals surface area (Å²) in [6.45, 7) is 7.15. The van der Waals surface area contributed by atoms with E-state index in [1.54, 1.807) is 0 Å². The molecule has 4 aliphatic heterocycles. The van der Waals surface area contributed by atoms with E-state index in [-0.39, 0.29) is 24.5 Å². The van der Waals surface area contributed by atoms with Crippen molar-refractivity contribution in [1.29, 1.82) is 0 Å². The molecular formula is C21H38O8P2. The van der Waals surface area contributed by atoms with Crippen LogP contribution in [0.1, 0.15) is 72.1 Å². The van der Waals surface area contributed by atoms with E-state index in [2.05, 4.69) is 0 Å². The topological polar surface area (TPSA) is 112 Å². The Bertz CT molecular complexity index is 728. The average Bonchev–Trinajstić information content (AvgIpc) is 3.44. The second-order valence-corrected chi connectivity index (χ2v) is 15.4. The lowest BCUT2D eigenvalue weighted by Gasteiger charge is -2.50. The molecule has 180 valence electrons. The summed E-state index contributed by atoms with van der Waals surface area (Å²) in [5, 5.41) is -2.85. The molecule has 10 heteroatoms. The van der Waals surface area contributed by atoms with Crippen LogP contribution in [0.15, 0.2) is 0 Å². The lowest BCUT2D eigenvalue weighted by molar-refractivity contribution is -0.0558. The maximum atomic E-state index is 14.5. The van der Waals surface area contributed by atoms with Gasteiger partial charge in [0.05, 0.1) is 29.6 Å². The maximum Gasteiger partial charge on any atom is 0.357 e. The second-order valence-electron chi connectivity index (χ2n) is 10.4. The Morgan fingerprint density at radius 3 is 1.71 bits per heavy atom. The molecule has 2 N–H and O–H groups in total. The molecule has 0 aromatic heterocycles. The van der Waals surface area contributed by atoms with Crippen molar-refractivity contribution in [1.82, 2.24) is 0 Å². The third-order valence-electron chi connectivity index (χ3n) is 8.46. The Morgan fingerprint density at radius 1 is 0.871 bits per heavy atom. The van der Waals surface area contributed by atoms with Crippen molar-refractivity contribution in [2.45, 2.75) is 101 Å². The van der Waals surface area contributed by atoms with Crippen molar-refractivity contribution in [3.05, 3.63) is 0 Å². The van der Waals surface area contributed by atoms with Gasteiger partial charge in [0.2, 0.25) is 7.37 Å². The van der Waals surface area contributed by atoms with Gasteiger partial charge >= 0.3 is 7.60 Å². The number of hydrogen-bond donors (Lipinski definition) is 2. The van der Waals surface area contributed by atoms with Crippen molar-refractivity contribution < 1.29 is 37.7 Å². The van der Waals surface area contributed by atoms with Gasteiger partial charge < -0.3 is 28.5 Å². The summed E-state index contributed by atoms with van der Waals surface area (Å²) in [5.41, 5.74) is -1.06. The summed E-state index contributed by atoms with van der Waals surface area (Å²) in [4.78, 5) is 21.3. The largest absolute Gasteiger partial charge is 0.378 e. The smallest absolute Gasteiger partial charge is 0.357 e. The van der Waals surface area contributed by atoms with Crippen LogP contribution >= 0.6 is 15.0 Å². The van der Waals surface area contributed by atoms with E-state index in [0.29, 0.717) is 32.7 Å². The predicted molar refractivity (Wildman–Crippen MR) is 117 cm³/mol. The normalized spacial score (nSPS) is 45.5. The fourth-order valence-corrected chi connectivity index (χ4v) is 11.7. The zero-order valence-electron chi connectivity index (χ0n) is 19.0. The van der Waals surface area contributed by atoms with Gasteiger partial charge in [0, 0.05) is 25.2 Å². The highest BCUT2D eigenvalue weighted by molar-refractivity contribution is 7.63. The molecule has 5 unspecified atom stereocenters. The first-order chi connectivity index (χ1) is 14.4. The highest BCUT2D eigenvalue weighted by Crippen LogP contribution is 2.85. The third kappa shape index (κ3) is 3.93. The second kappa shape index (κ2) is 8.46. The highest BCUT2D eigenvalue weighted by Gasteiger charge is 2.78. The lowest BCUT2D eigenvalue weighted by atomic mass is 9.64. The molecule has 0 radical (unpaired) electrons. The fourth-order valence-electron chi connectivity index (χ4n) is 6.39. The van der Waals surface area contributed by atoms with Crippen LogP contribution in [0.5, 0.6) is 0 Å². The summed E-state index contributed by atoms with van der Waals surface area (Å²) in [7, 11) is -8.31. The molecule has 4 heterocycles. The minimum absolute atomic E-state index is 0.135. The van der Waals surface area contributed by atoms with Gasteiger partial charge in [-0.15, -0.1) is 0 Å². The van der Waals surface area contributed by atoms with Crippen molar-refractivity contribution >= 4 is 15.0 Å². The Kier molecular flexibility index (Phi) is 6.65.